The van der Waals surface area contributed by atoms with Crippen molar-refractivity contribution in [3.8, 4) is 11.5 Å². The summed E-state index contributed by atoms with van der Waals surface area (Å²) in [6.07, 6.45) is 21.2. The molecule has 10 rings (SSSR count). The first-order valence-corrected chi connectivity index (χ1v) is 19.6. The summed E-state index contributed by atoms with van der Waals surface area (Å²) in [5.41, 5.74) is 0.0993. The largest absolute Gasteiger partial charge is 0.513 e. The molecular formula is C40H51ClN2O10. The van der Waals surface area contributed by atoms with E-state index in [4.69, 9.17) is 26.2 Å². The van der Waals surface area contributed by atoms with Gasteiger partial charge in [0.05, 0.1) is 16.5 Å². The lowest BCUT2D eigenvalue weighted by molar-refractivity contribution is -0.385. The third-order valence-corrected chi connectivity index (χ3v) is 12.8. The summed E-state index contributed by atoms with van der Waals surface area (Å²) in [5.74, 6) is 6.45. The first kappa shape index (κ1) is 38.9. The summed E-state index contributed by atoms with van der Waals surface area (Å²) in [7, 11) is 0. The van der Waals surface area contributed by atoms with Gasteiger partial charge in [0.15, 0.2) is 0 Å². The van der Waals surface area contributed by atoms with Gasteiger partial charge in [0.25, 0.3) is 11.4 Å². The van der Waals surface area contributed by atoms with Crippen LogP contribution in [0.3, 0.4) is 0 Å². The molecule has 288 valence electrons. The molecule has 0 amide bonds. The van der Waals surface area contributed by atoms with Crippen LogP contribution in [-0.2, 0) is 4.74 Å². The number of nitrogens with zero attached hydrogens (tertiary/aromatic N) is 2. The number of nitro groups is 2. The van der Waals surface area contributed by atoms with Crippen LogP contribution in [-0.4, -0.2) is 39.8 Å². The Kier molecular flexibility index (Phi) is 12.6. The molecule has 8 saturated carbocycles. The highest BCUT2D eigenvalue weighted by atomic mass is 35.5. The van der Waals surface area contributed by atoms with E-state index >= 15 is 0 Å². The Morgan fingerprint density at radius 3 is 1.34 bits per heavy atom. The minimum Gasteiger partial charge on any atom is -0.434 e. The van der Waals surface area contributed by atoms with E-state index in [9.17, 15) is 29.8 Å². The zero-order valence-electron chi connectivity index (χ0n) is 30.2. The van der Waals surface area contributed by atoms with Crippen molar-refractivity contribution in [2.45, 2.75) is 103 Å². The molecule has 2 aromatic rings. The fraction of sp³-hybridized carbons (Fsp3) is 0.650. The molecule has 8 aliphatic rings. The molecule has 53 heavy (non-hydrogen) atoms. The average molecular weight is 755 g/mol. The first-order valence-electron chi connectivity index (χ1n) is 19.2. The molecule has 0 saturated heterocycles. The lowest BCUT2D eigenvalue weighted by Gasteiger charge is -2.57. The van der Waals surface area contributed by atoms with E-state index < -0.39 is 21.4 Å². The number of hydrogen-bond donors (Lipinski definition) is 1. The van der Waals surface area contributed by atoms with Gasteiger partial charge in [-0.15, -0.1) is 0 Å². The quantitative estimate of drug-likeness (QED) is 0.0582. The van der Waals surface area contributed by atoms with Gasteiger partial charge < -0.3 is 19.3 Å². The Morgan fingerprint density at radius 2 is 1.00 bits per heavy atom. The van der Waals surface area contributed by atoms with E-state index in [2.05, 4.69) is 4.74 Å². The number of non-ortho nitro benzene ring substituents is 2. The van der Waals surface area contributed by atoms with Gasteiger partial charge in [0, 0.05) is 42.5 Å². The van der Waals surface area contributed by atoms with E-state index in [1.165, 1.54) is 132 Å². The van der Waals surface area contributed by atoms with Crippen LogP contribution in [0.2, 0.25) is 0 Å². The number of aliphatic hydroxyl groups excluding tert-OH is 1. The van der Waals surface area contributed by atoms with Crippen molar-refractivity contribution < 1.29 is 38.8 Å². The molecule has 1 N–H and O–H groups in total. The third-order valence-electron chi connectivity index (χ3n) is 12.8. The number of halogens is 1. The standard InChI is InChI=1S/C20H25NO5.C13H22O.C7H4ClNO4/c22-19(26-18-4-2-17(3-5-18)21(23)24)25-7-1-6-20-11-14-8-15(12-20)10-16(9-14)13-20;14-3-1-2-13-7-10-4-11(8-13)6-12(5-10)9-13;8-7(10)13-6-3-1-5(2-4-6)9(11)12/h2-5,14-16H,1,6-13H2;10-12,14H,1-9H2;1-4H. The van der Waals surface area contributed by atoms with Gasteiger partial charge in [-0.3, -0.25) is 20.2 Å². The highest BCUT2D eigenvalue weighted by Gasteiger charge is 2.51. The van der Waals surface area contributed by atoms with Gasteiger partial charge >= 0.3 is 11.6 Å². The molecule has 8 fully saturated rings. The van der Waals surface area contributed by atoms with Gasteiger partial charge in [-0.2, -0.15) is 0 Å². The summed E-state index contributed by atoms with van der Waals surface area (Å²) < 4.78 is 14.7. The van der Waals surface area contributed by atoms with E-state index in [1.807, 2.05) is 0 Å². The smallest absolute Gasteiger partial charge is 0.434 e. The van der Waals surface area contributed by atoms with Gasteiger partial charge in [-0.25, -0.2) is 9.59 Å². The van der Waals surface area contributed by atoms with Crippen molar-refractivity contribution >= 4 is 34.6 Å². The number of hydrogen-bond acceptors (Lipinski definition) is 10. The molecule has 0 unspecified atom stereocenters. The molecule has 0 spiro atoms. The van der Waals surface area contributed by atoms with Crippen molar-refractivity contribution in [1.82, 2.24) is 0 Å². The van der Waals surface area contributed by atoms with Crippen LogP contribution < -0.4 is 9.47 Å². The van der Waals surface area contributed by atoms with Gasteiger partial charge in [-0.1, -0.05) is 0 Å². The molecule has 8 aliphatic carbocycles. The zero-order chi connectivity index (χ0) is 37.6. The van der Waals surface area contributed by atoms with Crippen LogP contribution in [0.5, 0.6) is 11.5 Å². The summed E-state index contributed by atoms with van der Waals surface area (Å²) in [5, 5.41) is 29.8. The molecule has 0 radical (unpaired) electrons. The molecule has 12 nitrogen and oxygen atoms in total. The fourth-order valence-electron chi connectivity index (χ4n) is 11.7. The molecule has 2 aromatic carbocycles. The van der Waals surface area contributed by atoms with Gasteiger partial charge in [0.1, 0.15) is 11.5 Å². The Bertz CT molecular complexity index is 1530. The fourth-order valence-corrected chi connectivity index (χ4v) is 11.8. The molecule has 13 heteroatoms. The van der Waals surface area contributed by atoms with Crippen LogP contribution in [0, 0.1) is 66.6 Å². The normalized spacial score (nSPS) is 31.0. The lowest BCUT2D eigenvalue weighted by atomic mass is 9.48. The second-order valence-corrected chi connectivity index (χ2v) is 17.1. The second kappa shape index (κ2) is 17.1. The van der Waals surface area contributed by atoms with Crippen LogP contribution in [0.25, 0.3) is 0 Å². The minimum absolute atomic E-state index is 0.0405. The number of carbonyl (C=O) groups is 2. The molecule has 0 aliphatic heterocycles. The Morgan fingerprint density at radius 1 is 0.642 bits per heavy atom. The van der Waals surface area contributed by atoms with Gasteiger partial charge in [-0.05, 0) is 173 Å². The molecule has 8 bridgehead atoms. The molecule has 0 aromatic heterocycles. The number of rotatable bonds is 11. The number of carbonyl (C=O) groups excluding carboxylic acids is 2. The number of ether oxygens (including phenoxy) is 3. The maximum absolute atomic E-state index is 11.8. The van der Waals surface area contributed by atoms with Gasteiger partial charge in [0.2, 0.25) is 0 Å². The van der Waals surface area contributed by atoms with E-state index in [0.717, 1.165) is 54.8 Å². The summed E-state index contributed by atoms with van der Waals surface area (Å²) in [6.45, 7) is 0.773. The molecule has 0 atom stereocenters. The van der Waals surface area contributed by atoms with Crippen LogP contribution >= 0.6 is 11.6 Å². The second-order valence-electron chi connectivity index (χ2n) is 16.8. The van der Waals surface area contributed by atoms with Crippen LogP contribution in [0.4, 0.5) is 21.0 Å². The number of aliphatic hydroxyl groups is 1. The zero-order valence-corrected chi connectivity index (χ0v) is 31.0. The third kappa shape index (κ3) is 10.5. The van der Waals surface area contributed by atoms with E-state index in [0.29, 0.717) is 24.0 Å². The van der Waals surface area contributed by atoms with Crippen LogP contribution in [0.1, 0.15) is 103 Å². The monoisotopic (exact) mass is 754 g/mol. The maximum Gasteiger partial charge on any atom is 0.513 e. The van der Waals surface area contributed by atoms with Crippen molar-refractivity contribution in [1.29, 1.82) is 0 Å². The van der Waals surface area contributed by atoms with Crippen LogP contribution in [0.15, 0.2) is 48.5 Å². The number of nitro benzene ring substituents is 2. The Balaban J connectivity index is 0.000000150. The van der Waals surface area contributed by atoms with Crippen molar-refractivity contribution in [2.24, 2.45) is 46.3 Å². The maximum atomic E-state index is 11.8. The molecule has 0 heterocycles. The summed E-state index contributed by atoms with van der Waals surface area (Å²) >= 11 is 4.92. The van der Waals surface area contributed by atoms with Crippen molar-refractivity contribution in [3.05, 3.63) is 68.8 Å². The lowest BCUT2D eigenvalue weighted by Crippen LogP contribution is -2.46. The highest BCUT2D eigenvalue weighted by molar-refractivity contribution is 6.61. The predicted molar refractivity (Wildman–Crippen MR) is 197 cm³/mol. The predicted octanol–water partition coefficient (Wildman–Crippen LogP) is 10.4. The Labute approximate surface area is 315 Å². The van der Waals surface area contributed by atoms with E-state index in [-0.39, 0.29) is 22.9 Å². The summed E-state index contributed by atoms with van der Waals surface area (Å²) in [6, 6.07) is 10.4. The SMILES string of the molecule is O=C(Cl)Oc1ccc([N+](=O)[O-])cc1.O=C(OCCCC12CC3CC(CC(C3)C1)C2)Oc1ccc([N+](=O)[O-])cc1.OCCCC12CC3CC(CC(C3)C1)C2. The topological polar surface area (TPSA) is 168 Å². The Hall–Kier alpha value is -3.77. The number of benzene rings is 2. The average Bonchev–Trinajstić information content (AvgIpc) is 3.09. The minimum atomic E-state index is -0.978. The first-order chi connectivity index (χ1) is 25.4. The summed E-state index contributed by atoms with van der Waals surface area (Å²) in [4.78, 5) is 41.8. The molecular weight excluding hydrogens is 704 g/mol. The van der Waals surface area contributed by atoms with Crippen molar-refractivity contribution in [2.75, 3.05) is 13.2 Å². The van der Waals surface area contributed by atoms with E-state index in [1.54, 1.807) is 0 Å². The van der Waals surface area contributed by atoms with Crippen molar-refractivity contribution in [3.63, 3.8) is 0 Å². The highest BCUT2D eigenvalue weighted by Crippen LogP contribution is 2.62.